The molecule has 1 saturated carbocycles. The average Bonchev–Trinajstić information content (AvgIpc) is 3.14. The number of halogens is 1. The summed E-state index contributed by atoms with van der Waals surface area (Å²) in [5, 5.41) is 21.0. The monoisotopic (exact) mass is 438 g/mol. The van der Waals surface area contributed by atoms with Crippen LogP contribution in [0.1, 0.15) is 24.3 Å². The molecule has 3 aromatic rings. The van der Waals surface area contributed by atoms with Crippen molar-refractivity contribution >= 4 is 29.3 Å². The Morgan fingerprint density at radius 1 is 0.933 bits per heavy atom. The normalized spacial score (nSPS) is 23.4. The molecule has 3 aromatic carbocycles. The molecule has 0 bridgehead atoms. The number of carboxylic acids is 1. The molecule has 3 nitrogen and oxygen atoms in total. The summed E-state index contributed by atoms with van der Waals surface area (Å²) in [7, 11) is 0. The SMILES string of the molecule is O=C(O)[C@]1(CO)[C@H](Sc2ccccc2)CC[C@H]1c1ccc(-c2ccc(Cl)cc2)cc1. The van der Waals surface area contributed by atoms with E-state index in [-0.39, 0.29) is 17.8 Å². The van der Waals surface area contributed by atoms with Gasteiger partial charge in [-0.25, -0.2) is 0 Å². The third kappa shape index (κ3) is 3.87. The van der Waals surface area contributed by atoms with Crippen LogP contribution in [0.5, 0.6) is 0 Å². The predicted molar refractivity (Wildman–Crippen MR) is 122 cm³/mol. The minimum absolute atomic E-state index is 0.191. The summed E-state index contributed by atoms with van der Waals surface area (Å²) in [5.74, 6) is -1.16. The number of aliphatic hydroxyl groups excluding tert-OH is 1. The first-order valence-electron chi connectivity index (χ1n) is 9.96. The van der Waals surface area contributed by atoms with Gasteiger partial charge in [0, 0.05) is 21.1 Å². The second-order valence-corrected chi connectivity index (χ2v) is 9.39. The molecule has 1 fully saturated rings. The summed E-state index contributed by atoms with van der Waals surface area (Å²) in [6.07, 6.45) is 1.48. The molecule has 0 radical (unpaired) electrons. The first-order chi connectivity index (χ1) is 14.5. The topological polar surface area (TPSA) is 57.5 Å². The van der Waals surface area contributed by atoms with Gasteiger partial charge in [-0.3, -0.25) is 4.79 Å². The average molecular weight is 439 g/mol. The van der Waals surface area contributed by atoms with Gasteiger partial charge in [-0.2, -0.15) is 0 Å². The fraction of sp³-hybridized carbons (Fsp3) is 0.240. The molecule has 5 heteroatoms. The van der Waals surface area contributed by atoms with Crippen LogP contribution in [0.15, 0.2) is 83.8 Å². The highest BCUT2D eigenvalue weighted by molar-refractivity contribution is 8.00. The number of carbonyl (C=O) groups is 1. The van der Waals surface area contributed by atoms with Crippen molar-refractivity contribution in [3.63, 3.8) is 0 Å². The molecule has 1 aliphatic carbocycles. The van der Waals surface area contributed by atoms with Gasteiger partial charge in [0.2, 0.25) is 0 Å². The van der Waals surface area contributed by atoms with Crippen LogP contribution in [0, 0.1) is 5.41 Å². The first kappa shape index (κ1) is 21.0. The van der Waals surface area contributed by atoms with E-state index in [0.717, 1.165) is 34.4 Å². The highest BCUT2D eigenvalue weighted by atomic mass is 35.5. The van der Waals surface area contributed by atoms with Crippen molar-refractivity contribution in [1.29, 1.82) is 0 Å². The Hall–Kier alpha value is -2.27. The van der Waals surface area contributed by atoms with Gasteiger partial charge in [0.1, 0.15) is 5.41 Å². The lowest BCUT2D eigenvalue weighted by Gasteiger charge is -2.34. The summed E-state index contributed by atoms with van der Waals surface area (Å²) in [6, 6.07) is 25.5. The molecule has 0 spiro atoms. The van der Waals surface area contributed by atoms with Crippen molar-refractivity contribution < 1.29 is 15.0 Å². The minimum Gasteiger partial charge on any atom is -0.481 e. The standard InChI is InChI=1S/C25H23ClO3S/c26-20-12-10-18(11-13-20)17-6-8-19(9-7-17)22-14-15-23(25(22,16-27)24(28)29)30-21-4-2-1-3-5-21/h1-13,22-23,27H,14-16H2,(H,28,29)/t22-,23+,25-/m0/s1. The van der Waals surface area contributed by atoms with E-state index in [1.807, 2.05) is 78.9 Å². The zero-order chi connectivity index (χ0) is 21.1. The van der Waals surface area contributed by atoms with E-state index < -0.39 is 11.4 Å². The van der Waals surface area contributed by atoms with Gasteiger partial charge >= 0.3 is 5.97 Å². The highest BCUT2D eigenvalue weighted by Gasteiger charge is 2.56. The van der Waals surface area contributed by atoms with E-state index >= 15 is 0 Å². The van der Waals surface area contributed by atoms with Crippen molar-refractivity contribution in [3.05, 3.63) is 89.4 Å². The van der Waals surface area contributed by atoms with Gasteiger partial charge in [-0.1, -0.05) is 66.2 Å². The number of aliphatic hydroxyl groups is 1. The molecule has 0 unspecified atom stereocenters. The fourth-order valence-electron chi connectivity index (χ4n) is 4.47. The summed E-state index contributed by atoms with van der Waals surface area (Å²) in [6.45, 7) is -0.379. The number of thioether (sulfide) groups is 1. The Kier molecular flexibility index (Phi) is 6.19. The van der Waals surface area contributed by atoms with Gasteiger partial charge in [-0.15, -0.1) is 11.8 Å². The maximum Gasteiger partial charge on any atom is 0.313 e. The van der Waals surface area contributed by atoms with Gasteiger partial charge in [0.25, 0.3) is 0 Å². The van der Waals surface area contributed by atoms with E-state index in [1.165, 1.54) is 0 Å². The van der Waals surface area contributed by atoms with Crippen LogP contribution in [-0.2, 0) is 4.79 Å². The maximum atomic E-state index is 12.5. The fourth-order valence-corrected chi connectivity index (χ4v) is 6.04. The van der Waals surface area contributed by atoms with Crippen molar-refractivity contribution in [2.45, 2.75) is 28.9 Å². The molecule has 4 rings (SSSR count). The Morgan fingerprint density at radius 2 is 1.53 bits per heavy atom. The molecule has 154 valence electrons. The Labute approximate surface area is 185 Å². The van der Waals surface area contributed by atoms with Gasteiger partial charge in [0.15, 0.2) is 0 Å². The number of rotatable bonds is 6. The quantitative estimate of drug-likeness (QED) is 0.487. The molecule has 0 aliphatic heterocycles. The summed E-state index contributed by atoms with van der Waals surface area (Å²) < 4.78 is 0. The third-order valence-electron chi connectivity index (χ3n) is 6.09. The molecular formula is C25H23ClO3S. The number of benzene rings is 3. The maximum absolute atomic E-state index is 12.5. The van der Waals surface area contributed by atoms with E-state index in [9.17, 15) is 15.0 Å². The number of aliphatic carboxylic acids is 1. The smallest absolute Gasteiger partial charge is 0.313 e. The zero-order valence-electron chi connectivity index (χ0n) is 16.4. The Balaban J connectivity index is 1.64. The summed E-state index contributed by atoms with van der Waals surface area (Å²) in [5.41, 5.74) is 1.86. The van der Waals surface area contributed by atoms with Crippen LogP contribution in [0.25, 0.3) is 11.1 Å². The lowest BCUT2D eigenvalue weighted by atomic mass is 9.74. The van der Waals surface area contributed by atoms with E-state index in [2.05, 4.69) is 0 Å². The number of hydrogen-bond donors (Lipinski definition) is 2. The molecule has 0 aromatic heterocycles. The number of carboxylic acid groups (broad SMARTS) is 1. The summed E-state index contributed by atoms with van der Waals surface area (Å²) >= 11 is 7.54. The van der Waals surface area contributed by atoms with Crippen molar-refractivity contribution in [3.8, 4) is 11.1 Å². The van der Waals surface area contributed by atoms with Crippen molar-refractivity contribution in [1.82, 2.24) is 0 Å². The van der Waals surface area contributed by atoms with Crippen LogP contribution in [-0.4, -0.2) is 28.0 Å². The van der Waals surface area contributed by atoms with Crippen molar-refractivity contribution in [2.24, 2.45) is 5.41 Å². The molecule has 0 heterocycles. The Morgan fingerprint density at radius 3 is 2.10 bits per heavy atom. The molecule has 0 saturated heterocycles. The van der Waals surface area contributed by atoms with Gasteiger partial charge < -0.3 is 10.2 Å². The van der Waals surface area contributed by atoms with Gasteiger partial charge in [-0.05, 0) is 53.8 Å². The minimum atomic E-state index is -1.21. The molecule has 30 heavy (non-hydrogen) atoms. The molecule has 1 aliphatic rings. The highest BCUT2D eigenvalue weighted by Crippen LogP contribution is 2.55. The largest absolute Gasteiger partial charge is 0.481 e. The Bertz CT molecular complexity index is 1000. The molecule has 3 atom stereocenters. The van der Waals surface area contributed by atoms with Crippen molar-refractivity contribution in [2.75, 3.05) is 6.61 Å². The van der Waals surface area contributed by atoms with Crippen LogP contribution in [0.3, 0.4) is 0 Å². The molecule has 0 amide bonds. The lowest BCUT2D eigenvalue weighted by Crippen LogP contribution is -2.44. The van der Waals surface area contributed by atoms with Crippen LogP contribution in [0.4, 0.5) is 0 Å². The van der Waals surface area contributed by atoms with Crippen LogP contribution in [0.2, 0.25) is 5.02 Å². The van der Waals surface area contributed by atoms with E-state index in [0.29, 0.717) is 5.02 Å². The molecular weight excluding hydrogens is 416 g/mol. The third-order valence-corrected chi connectivity index (χ3v) is 7.82. The van der Waals surface area contributed by atoms with Crippen LogP contribution < -0.4 is 0 Å². The second-order valence-electron chi connectivity index (χ2n) is 7.68. The summed E-state index contributed by atoms with van der Waals surface area (Å²) in [4.78, 5) is 13.5. The van der Waals surface area contributed by atoms with E-state index in [4.69, 9.17) is 11.6 Å². The first-order valence-corrected chi connectivity index (χ1v) is 11.2. The van der Waals surface area contributed by atoms with Crippen LogP contribution >= 0.6 is 23.4 Å². The van der Waals surface area contributed by atoms with Gasteiger partial charge in [0.05, 0.1) is 6.61 Å². The lowest BCUT2D eigenvalue weighted by molar-refractivity contribution is -0.151. The predicted octanol–water partition coefficient (Wildman–Crippen LogP) is 6.11. The second kappa shape index (κ2) is 8.84. The number of hydrogen-bond acceptors (Lipinski definition) is 3. The molecule has 2 N–H and O–H groups in total. The van der Waals surface area contributed by atoms with E-state index in [1.54, 1.807) is 11.8 Å². The zero-order valence-corrected chi connectivity index (χ0v) is 17.9.